The largest absolute Gasteiger partial charge is 0.465 e. The van der Waals surface area contributed by atoms with Crippen molar-refractivity contribution in [3.63, 3.8) is 0 Å². The Morgan fingerprint density at radius 1 is 0.536 bits per heavy atom. The van der Waals surface area contributed by atoms with E-state index in [9.17, 15) is 19.2 Å². The van der Waals surface area contributed by atoms with Gasteiger partial charge in [0.1, 0.15) is 0 Å². The summed E-state index contributed by atoms with van der Waals surface area (Å²) in [6, 6.07) is 8.84. The molecule has 0 saturated carbocycles. The summed E-state index contributed by atoms with van der Waals surface area (Å²) < 4.78 is 19.1. The summed E-state index contributed by atoms with van der Waals surface area (Å²) in [5, 5.41) is 0. The third-order valence-corrected chi connectivity index (χ3v) is 4.01. The first-order valence-electron chi connectivity index (χ1n) is 8.00. The van der Waals surface area contributed by atoms with Gasteiger partial charge in [-0.2, -0.15) is 0 Å². The van der Waals surface area contributed by atoms with Gasteiger partial charge in [0.15, 0.2) is 0 Å². The van der Waals surface area contributed by atoms with Crippen LogP contribution < -0.4 is 0 Å². The van der Waals surface area contributed by atoms with Crippen molar-refractivity contribution < 1.29 is 38.1 Å². The molecule has 0 fully saturated rings. The summed E-state index contributed by atoms with van der Waals surface area (Å²) in [5.41, 5.74) is 0.0760. The van der Waals surface area contributed by atoms with Crippen LogP contribution in [0.2, 0.25) is 0 Å². The number of rotatable bonds is 5. The zero-order valence-electron chi connectivity index (χ0n) is 15.7. The molecule has 0 amide bonds. The Morgan fingerprint density at radius 3 is 1.14 bits per heavy atom. The van der Waals surface area contributed by atoms with Crippen LogP contribution in [-0.4, -0.2) is 52.3 Å². The van der Waals surface area contributed by atoms with Gasteiger partial charge in [-0.1, -0.05) is 24.3 Å². The number of benzene rings is 2. The number of esters is 4. The second-order valence-corrected chi connectivity index (χ2v) is 5.42. The molecule has 0 unspecified atom stereocenters. The van der Waals surface area contributed by atoms with Gasteiger partial charge in [-0.15, -0.1) is 0 Å². The van der Waals surface area contributed by atoms with Crippen LogP contribution in [0, 0.1) is 0 Å². The van der Waals surface area contributed by atoms with Gasteiger partial charge in [0, 0.05) is 0 Å². The van der Waals surface area contributed by atoms with Gasteiger partial charge < -0.3 is 18.9 Å². The lowest BCUT2D eigenvalue weighted by atomic mass is 9.90. The van der Waals surface area contributed by atoms with E-state index in [-0.39, 0.29) is 33.4 Å². The highest BCUT2D eigenvalue weighted by Crippen LogP contribution is 2.32. The van der Waals surface area contributed by atoms with E-state index in [4.69, 9.17) is 18.9 Å². The number of carbonyl (C=O) groups excluding carboxylic acids is 4. The van der Waals surface area contributed by atoms with E-state index in [0.29, 0.717) is 0 Å². The Balaban J connectivity index is 2.92. The molecule has 0 aliphatic rings. The van der Waals surface area contributed by atoms with Crippen molar-refractivity contribution in [1.82, 2.24) is 0 Å². The minimum absolute atomic E-state index is 0.0499. The fourth-order valence-electron chi connectivity index (χ4n) is 2.76. The summed E-state index contributed by atoms with van der Waals surface area (Å²) in [5.74, 6) is -3.14. The zero-order chi connectivity index (χ0) is 20.8. The Kier molecular flexibility index (Phi) is 6.49. The molecule has 0 aliphatic carbocycles. The third kappa shape index (κ3) is 3.71. The quantitative estimate of drug-likeness (QED) is 0.570. The average molecular weight is 386 g/mol. The predicted octanol–water partition coefficient (Wildman–Crippen LogP) is 2.50. The highest BCUT2D eigenvalue weighted by atomic mass is 16.5. The molecular formula is C20H18O8. The molecule has 0 atom stereocenters. The van der Waals surface area contributed by atoms with E-state index in [0.717, 1.165) is 14.2 Å². The number of ether oxygens (including phenoxy) is 4. The van der Waals surface area contributed by atoms with Crippen molar-refractivity contribution in [2.24, 2.45) is 0 Å². The molecule has 0 aromatic heterocycles. The Bertz CT molecular complexity index is 868. The van der Waals surface area contributed by atoms with Crippen LogP contribution in [0.3, 0.4) is 0 Å². The molecule has 0 aliphatic heterocycles. The van der Waals surface area contributed by atoms with Crippen molar-refractivity contribution >= 4 is 23.9 Å². The standard InChI is InChI=1S/C20H18O8/c1-25-17(21)13-9-5-7-11(15(13)19(23)27-3)12-8-6-10-14(18(22)26-2)16(12)20(24)28-4/h5-10H,1-4H3. The van der Waals surface area contributed by atoms with Gasteiger partial charge in [0.25, 0.3) is 0 Å². The van der Waals surface area contributed by atoms with Crippen LogP contribution in [0.4, 0.5) is 0 Å². The number of hydrogen-bond donors (Lipinski definition) is 0. The lowest BCUT2D eigenvalue weighted by Crippen LogP contribution is -2.16. The molecule has 2 rings (SSSR count). The van der Waals surface area contributed by atoms with Gasteiger partial charge in [-0.05, 0) is 23.3 Å². The molecule has 0 N–H and O–H groups in total. The van der Waals surface area contributed by atoms with Crippen molar-refractivity contribution in [3.05, 3.63) is 58.7 Å². The zero-order valence-corrected chi connectivity index (χ0v) is 15.7. The van der Waals surface area contributed by atoms with Crippen LogP contribution in [0.1, 0.15) is 41.4 Å². The van der Waals surface area contributed by atoms with Crippen LogP contribution in [-0.2, 0) is 18.9 Å². The SMILES string of the molecule is COC(=O)c1cccc(-c2cccc(C(=O)OC)c2C(=O)OC)c1C(=O)OC. The minimum atomic E-state index is -0.810. The first-order chi connectivity index (χ1) is 13.4. The summed E-state index contributed by atoms with van der Waals surface area (Å²) in [4.78, 5) is 49.2. The summed E-state index contributed by atoms with van der Waals surface area (Å²) >= 11 is 0. The average Bonchev–Trinajstić information content (AvgIpc) is 2.75. The second-order valence-electron chi connectivity index (χ2n) is 5.42. The Labute approximate surface area is 161 Å². The number of hydrogen-bond acceptors (Lipinski definition) is 8. The van der Waals surface area contributed by atoms with Gasteiger partial charge in [0.2, 0.25) is 0 Å². The van der Waals surface area contributed by atoms with Gasteiger partial charge >= 0.3 is 23.9 Å². The Hall–Kier alpha value is -3.68. The van der Waals surface area contributed by atoms with Gasteiger partial charge in [-0.25, -0.2) is 19.2 Å². The summed E-state index contributed by atoms with van der Waals surface area (Å²) in [6.07, 6.45) is 0. The number of methoxy groups -OCH3 is 4. The first-order valence-corrected chi connectivity index (χ1v) is 8.00. The molecule has 2 aromatic carbocycles. The van der Waals surface area contributed by atoms with Gasteiger partial charge in [0.05, 0.1) is 50.7 Å². The highest BCUT2D eigenvalue weighted by Gasteiger charge is 2.28. The molecule has 0 radical (unpaired) electrons. The van der Waals surface area contributed by atoms with E-state index in [2.05, 4.69) is 0 Å². The molecule has 28 heavy (non-hydrogen) atoms. The van der Waals surface area contributed by atoms with E-state index in [1.54, 1.807) is 0 Å². The molecule has 8 heteroatoms. The fraction of sp³-hybridized carbons (Fsp3) is 0.200. The minimum Gasteiger partial charge on any atom is -0.465 e. The van der Waals surface area contributed by atoms with Crippen LogP contribution >= 0.6 is 0 Å². The molecular weight excluding hydrogens is 368 g/mol. The van der Waals surface area contributed by atoms with E-state index in [1.807, 2.05) is 0 Å². The number of carbonyl (C=O) groups is 4. The second kappa shape index (κ2) is 8.81. The maximum atomic E-state index is 12.4. The lowest BCUT2D eigenvalue weighted by molar-refractivity contribution is 0.0554. The molecule has 2 aromatic rings. The lowest BCUT2D eigenvalue weighted by Gasteiger charge is -2.16. The third-order valence-electron chi connectivity index (χ3n) is 4.01. The molecule has 8 nitrogen and oxygen atoms in total. The molecule has 0 saturated heterocycles. The van der Waals surface area contributed by atoms with Crippen molar-refractivity contribution in [3.8, 4) is 11.1 Å². The van der Waals surface area contributed by atoms with Crippen LogP contribution in [0.15, 0.2) is 36.4 Å². The van der Waals surface area contributed by atoms with E-state index < -0.39 is 23.9 Å². The van der Waals surface area contributed by atoms with Gasteiger partial charge in [-0.3, -0.25) is 0 Å². The maximum Gasteiger partial charge on any atom is 0.339 e. The monoisotopic (exact) mass is 386 g/mol. The van der Waals surface area contributed by atoms with E-state index in [1.165, 1.54) is 50.6 Å². The van der Waals surface area contributed by atoms with E-state index >= 15 is 0 Å². The Morgan fingerprint density at radius 2 is 0.857 bits per heavy atom. The van der Waals surface area contributed by atoms with Crippen molar-refractivity contribution in [1.29, 1.82) is 0 Å². The summed E-state index contributed by atoms with van der Waals surface area (Å²) in [7, 11) is 4.67. The molecule has 0 heterocycles. The molecule has 0 spiro atoms. The normalized spacial score (nSPS) is 10.0. The van der Waals surface area contributed by atoms with Crippen molar-refractivity contribution in [2.75, 3.05) is 28.4 Å². The van der Waals surface area contributed by atoms with Crippen LogP contribution in [0.5, 0.6) is 0 Å². The summed E-state index contributed by atoms with van der Waals surface area (Å²) in [6.45, 7) is 0. The van der Waals surface area contributed by atoms with Crippen molar-refractivity contribution in [2.45, 2.75) is 0 Å². The maximum absolute atomic E-state index is 12.4. The molecule has 0 bridgehead atoms. The highest BCUT2D eigenvalue weighted by molar-refractivity contribution is 6.12. The molecule has 146 valence electrons. The van der Waals surface area contributed by atoms with Crippen LogP contribution in [0.25, 0.3) is 11.1 Å². The predicted molar refractivity (Wildman–Crippen MR) is 97.2 cm³/mol. The smallest absolute Gasteiger partial charge is 0.339 e. The fourth-order valence-corrected chi connectivity index (χ4v) is 2.76. The first kappa shape index (κ1) is 20.6. The topological polar surface area (TPSA) is 105 Å².